The van der Waals surface area contributed by atoms with Crippen LogP contribution in [0.4, 0.5) is 0 Å². The Morgan fingerprint density at radius 3 is 1.69 bits per heavy atom. The molecule has 1 amide bonds. The Morgan fingerprint density at radius 1 is 0.862 bits per heavy atom. The van der Waals surface area contributed by atoms with Crippen molar-refractivity contribution in [3.63, 3.8) is 0 Å². The van der Waals surface area contributed by atoms with E-state index in [1.807, 2.05) is 0 Å². The molecule has 0 aromatic carbocycles. The Bertz CT molecular complexity index is 559. The minimum Gasteiger partial charge on any atom is -0.480 e. The van der Waals surface area contributed by atoms with Crippen LogP contribution < -0.4 is 5.43 Å². The third-order valence-electron chi connectivity index (χ3n) is 4.58. The molecule has 0 spiro atoms. The van der Waals surface area contributed by atoms with Crippen LogP contribution in [0.3, 0.4) is 0 Å². The van der Waals surface area contributed by atoms with Crippen molar-refractivity contribution >= 4 is 23.8 Å². The molecule has 1 heterocycles. The van der Waals surface area contributed by atoms with Crippen molar-refractivity contribution in [2.45, 2.75) is 18.9 Å². The lowest BCUT2D eigenvalue weighted by Gasteiger charge is -2.30. The lowest BCUT2D eigenvalue weighted by atomic mass is 10.1. The Labute approximate surface area is 169 Å². The molecule has 1 fully saturated rings. The zero-order valence-corrected chi connectivity index (χ0v) is 16.9. The molecule has 166 valence electrons. The second-order valence-corrected chi connectivity index (χ2v) is 7.20. The first-order valence-corrected chi connectivity index (χ1v) is 9.40. The van der Waals surface area contributed by atoms with E-state index >= 15 is 0 Å². The average molecular weight is 417 g/mol. The van der Waals surface area contributed by atoms with Gasteiger partial charge in [-0.25, -0.2) is 5.01 Å². The summed E-state index contributed by atoms with van der Waals surface area (Å²) in [6, 6.07) is -0.931. The minimum atomic E-state index is -1.07. The summed E-state index contributed by atoms with van der Waals surface area (Å²) in [4.78, 5) is 50.9. The molecule has 12 nitrogen and oxygen atoms in total. The number of nitrogens with one attached hydrogen (secondary N) is 1. The summed E-state index contributed by atoms with van der Waals surface area (Å²) in [6.45, 7) is 1.60. The molecule has 1 rings (SSSR count). The van der Waals surface area contributed by atoms with Crippen LogP contribution in [0.2, 0.25) is 0 Å². The predicted octanol–water partition coefficient (Wildman–Crippen LogP) is -2.10. The van der Waals surface area contributed by atoms with Crippen LogP contribution in [0.5, 0.6) is 0 Å². The first kappa shape index (κ1) is 24.8. The van der Waals surface area contributed by atoms with Crippen molar-refractivity contribution < 1.29 is 34.5 Å². The van der Waals surface area contributed by atoms with Crippen molar-refractivity contribution in [1.82, 2.24) is 25.1 Å². The van der Waals surface area contributed by atoms with Gasteiger partial charge < -0.3 is 15.3 Å². The van der Waals surface area contributed by atoms with Crippen molar-refractivity contribution in [2.75, 3.05) is 66.5 Å². The van der Waals surface area contributed by atoms with Gasteiger partial charge in [-0.2, -0.15) is 0 Å². The number of aliphatic carboxylic acids is 3. The molecule has 0 aliphatic carbocycles. The molecule has 29 heavy (non-hydrogen) atoms. The molecule has 1 atom stereocenters. The van der Waals surface area contributed by atoms with Crippen molar-refractivity contribution in [2.24, 2.45) is 0 Å². The summed E-state index contributed by atoms with van der Waals surface area (Å²) < 4.78 is 0. The molecular weight excluding hydrogens is 386 g/mol. The van der Waals surface area contributed by atoms with Gasteiger partial charge in [-0.05, 0) is 6.42 Å². The topological polar surface area (TPSA) is 154 Å². The van der Waals surface area contributed by atoms with Crippen LogP contribution in [0.15, 0.2) is 0 Å². The molecule has 4 N–H and O–H groups in total. The van der Waals surface area contributed by atoms with Gasteiger partial charge in [-0.15, -0.1) is 0 Å². The van der Waals surface area contributed by atoms with E-state index in [1.54, 1.807) is 28.8 Å². The lowest BCUT2D eigenvalue weighted by Crippen LogP contribution is -2.47. The van der Waals surface area contributed by atoms with E-state index in [1.165, 1.54) is 5.01 Å². The Kier molecular flexibility index (Phi) is 10.5. The fraction of sp³-hybridized carbons (Fsp3) is 0.765. The van der Waals surface area contributed by atoms with Gasteiger partial charge >= 0.3 is 17.9 Å². The number of hydrogen-bond donors (Lipinski definition) is 4. The quantitative estimate of drug-likeness (QED) is 0.289. The van der Waals surface area contributed by atoms with Crippen LogP contribution in [-0.2, 0) is 19.2 Å². The summed E-state index contributed by atoms with van der Waals surface area (Å²) in [7, 11) is 3.31. The Morgan fingerprint density at radius 2 is 1.31 bits per heavy atom. The minimum absolute atomic E-state index is 0.0172. The van der Waals surface area contributed by atoms with Crippen LogP contribution in [0, 0.1) is 0 Å². The molecule has 0 aromatic rings. The zero-order valence-electron chi connectivity index (χ0n) is 16.9. The molecule has 0 aromatic heterocycles. The van der Waals surface area contributed by atoms with E-state index in [9.17, 15) is 24.3 Å². The van der Waals surface area contributed by atoms with Gasteiger partial charge in [-0.1, -0.05) is 0 Å². The number of hydrogen-bond acceptors (Lipinski definition) is 8. The highest BCUT2D eigenvalue weighted by molar-refractivity contribution is 5.78. The van der Waals surface area contributed by atoms with Crippen LogP contribution in [-0.4, -0.2) is 131 Å². The van der Waals surface area contributed by atoms with Crippen molar-refractivity contribution in [3.8, 4) is 0 Å². The number of carboxylic acid groups (broad SMARTS) is 3. The Hall–Kier alpha value is -2.28. The van der Waals surface area contributed by atoms with Crippen LogP contribution in [0.1, 0.15) is 12.8 Å². The van der Waals surface area contributed by atoms with E-state index in [4.69, 9.17) is 10.2 Å². The van der Waals surface area contributed by atoms with Gasteiger partial charge in [0.05, 0.1) is 13.1 Å². The molecule has 12 heteroatoms. The highest BCUT2D eigenvalue weighted by Crippen LogP contribution is 2.11. The van der Waals surface area contributed by atoms with Crippen LogP contribution >= 0.6 is 0 Å². The monoisotopic (exact) mass is 417 g/mol. The molecular formula is C17H31N5O7. The highest BCUT2D eigenvalue weighted by atomic mass is 16.4. The second-order valence-electron chi connectivity index (χ2n) is 7.20. The maximum Gasteiger partial charge on any atom is 0.320 e. The van der Waals surface area contributed by atoms with Gasteiger partial charge in [0.25, 0.3) is 0 Å². The third kappa shape index (κ3) is 10.2. The maximum absolute atomic E-state index is 11.9. The summed E-state index contributed by atoms with van der Waals surface area (Å²) in [5.74, 6) is -3.38. The second kappa shape index (κ2) is 12.3. The molecule has 1 saturated heterocycles. The van der Waals surface area contributed by atoms with Gasteiger partial charge in [0, 0.05) is 59.8 Å². The van der Waals surface area contributed by atoms with E-state index in [-0.39, 0.29) is 31.8 Å². The van der Waals surface area contributed by atoms with Crippen LogP contribution in [0.25, 0.3) is 0 Å². The van der Waals surface area contributed by atoms with Crippen molar-refractivity contribution in [1.29, 1.82) is 0 Å². The fourth-order valence-corrected chi connectivity index (χ4v) is 3.20. The Balaban J connectivity index is 2.88. The van der Waals surface area contributed by atoms with E-state index in [0.717, 1.165) is 0 Å². The largest absolute Gasteiger partial charge is 0.480 e. The normalized spacial score (nSPS) is 18.4. The third-order valence-corrected chi connectivity index (χ3v) is 4.58. The fourth-order valence-electron chi connectivity index (χ4n) is 3.20. The average Bonchev–Trinajstić information content (AvgIpc) is 2.66. The summed E-state index contributed by atoms with van der Waals surface area (Å²) in [6.07, 6.45) is 0.107. The molecule has 0 unspecified atom stereocenters. The number of carboxylic acids is 3. The summed E-state index contributed by atoms with van der Waals surface area (Å²) in [5, 5.41) is 29.3. The summed E-state index contributed by atoms with van der Waals surface area (Å²) in [5.41, 5.74) is 2.57. The first-order chi connectivity index (χ1) is 13.6. The SMILES string of the molecule is CN(C)NC(=O)CC[C@@H](C(=O)O)N1CCN(CC(=O)O)CCN(CC(=O)O)CC1. The number of amides is 1. The smallest absolute Gasteiger partial charge is 0.320 e. The molecule has 0 bridgehead atoms. The van der Waals surface area contributed by atoms with E-state index in [0.29, 0.717) is 39.3 Å². The predicted molar refractivity (Wildman–Crippen MR) is 102 cm³/mol. The van der Waals surface area contributed by atoms with Gasteiger partial charge in [0.1, 0.15) is 6.04 Å². The molecule has 1 aliphatic heterocycles. The van der Waals surface area contributed by atoms with E-state index in [2.05, 4.69) is 5.43 Å². The molecule has 1 aliphatic rings. The molecule has 0 radical (unpaired) electrons. The standard InChI is InChI=1S/C17H31N5O7/c1-19(2)18-14(23)4-3-13(17(28)29)22-9-7-20(11-15(24)25)5-6-21(8-10-22)12-16(26)27/h13H,3-12H2,1-2H3,(H,18,23)(H,24,25)(H,26,27)(H,28,29)/t13-/m0/s1. The number of carbonyl (C=O) groups excluding carboxylic acids is 1. The van der Waals surface area contributed by atoms with Gasteiger partial charge in [0.2, 0.25) is 5.91 Å². The lowest BCUT2D eigenvalue weighted by molar-refractivity contribution is -0.145. The van der Waals surface area contributed by atoms with Gasteiger partial charge in [-0.3, -0.25) is 39.3 Å². The zero-order chi connectivity index (χ0) is 22.0. The number of hydrazine groups is 1. The summed E-state index contributed by atoms with van der Waals surface area (Å²) >= 11 is 0. The van der Waals surface area contributed by atoms with E-state index < -0.39 is 23.9 Å². The number of rotatable bonds is 10. The van der Waals surface area contributed by atoms with Crippen molar-refractivity contribution in [3.05, 3.63) is 0 Å². The molecule has 0 saturated carbocycles. The maximum atomic E-state index is 11.9. The first-order valence-electron chi connectivity index (χ1n) is 9.40. The number of nitrogens with zero attached hydrogens (tertiary/aromatic N) is 4. The van der Waals surface area contributed by atoms with Gasteiger partial charge in [0.15, 0.2) is 0 Å². The highest BCUT2D eigenvalue weighted by Gasteiger charge is 2.28. The number of carbonyl (C=O) groups is 4.